The largest absolute Gasteiger partial charge is 0.445 e. The maximum Gasteiger partial charge on any atom is 0.407 e. The molecule has 1 amide bonds. The van der Waals surface area contributed by atoms with E-state index in [4.69, 9.17) is 9.47 Å². The van der Waals surface area contributed by atoms with E-state index >= 15 is 0 Å². The molecule has 2 aliphatic carbocycles. The Bertz CT molecular complexity index is 1090. The molecule has 0 bridgehead atoms. The topological polar surface area (TPSA) is 88.1 Å². The maximum absolute atomic E-state index is 12.7. The van der Waals surface area contributed by atoms with Gasteiger partial charge in [-0.2, -0.15) is 0 Å². The molecule has 5 rings (SSSR count). The van der Waals surface area contributed by atoms with E-state index in [2.05, 4.69) is 10.2 Å². The molecule has 3 aliphatic rings. The van der Waals surface area contributed by atoms with Crippen molar-refractivity contribution in [3.05, 3.63) is 65.7 Å². The summed E-state index contributed by atoms with van der Waals surface area (Å²) >= 11 is 0. The summed E-state index contributed by atoms with van der Waals surface area (Å²) in [6.45, 7) is 4.15. The summed E-state index contributed by atoms with van der Waals surface area (Å²) in [6, 6.07) is 17.0. The van der Waals surface area contributed by atoms with Crippen molar-refractivity contribution >= 4 is 12.1 Å². The Kier molecular flexibility index (Phi) is 7.04. The fraction of sp³-hybridized carbons (Fsp3) is 0.517. The van der Waals surface area contributed by atoms with Gasteiger partial charge in [0.05, 0.1) is 5.60 Å². The molecular weight excluding hydrogens is 456 g/mol. The Labute approximate surface area is 212 Å². The van der Waals surface area contributed by atoms with Crippen molar-refractivity contribution in [2.45, 2.75) is 69.1 Å². The number of piperidine rings is 1. The van der Waals surface area contributed by atoms with Crippen LogP contribution < -0.4 is 10.1 Å². The normalized spacial score (nSPS) is 28.1. The lowest BCUT2D eigenvalue weighted by Gasteiger charge is -2.58. The predicted molar refractivity (Wildman–Crippen MR) is 136 cm³/mol. The van der Waals surface area contributed by atoms with Crippen LogP contribution in [0.5, 0.6) is 5.75 Å². The number of benzene rings is 2. The van der Waals surface area contributed by atoms with Gasteiger partial charge in [-0.25, -0.2) is 4.79 Å². The molecule has 0 radical (unpaired) electrons. The van der Waals surface area contributed by atoms with Crippen molar-refractivity contribution in [3.8, 4) is 5.75 Å². The van der Waals surface area contributed by atoms with Crippen LogP contribution in [0.15, 0.2) is 54.6 Å². The van der Waals surface area contributed by atoms with Crippen molar-refractivity contribution in [2.24, 2.45) is 5.92 Å². The molecule has 2 aromatic rings. The number of fused-ring (bicyclic) bond motifs is 1. The molecule has 192 valence electrons. The molecule has 36 heavy (non-hydrogen) atoms. The number of carbonyl (C=O) groups excluding carboxylic acids is 2. The van der Waals surface area contributed by atoms with Crippen LogP contribution in [0.3, 0.4) is 0 Å². The van der Waals surface area contributed by atoms with Gasteiger partial charge in [0.25, 0.3) is 0 Å². The zero-order valence-corrected chi connectivity index (χ0v) is 20.9. The summed E-state index contributed by atoms with van der Waals surface area (Å²) < 4.78 is 10.9. The van der Waals surface area contributed by atoms with Crippen molar-refractivity contribution in [1.82, 2.24) is 10.2 Å². The maximum atomic E-state index is 12.7. The highest BCUT2D eigenvalue weighted by Crippen LogP contribution is 2.52. The van der Waals surface area contributed by atoms with Crippen LogP contribution in [0, 0.1) is 5.92 Å². The number of hydrogen-bond donors (Lipinski definition) is 2. The first kappa shape index (κ1) is 24.8. The van der Waals surface area contributed by atoms with Crippen molar-refractivity contribution in [3.63, 3.8) is 0 Å². The smallest absolute Gasteiger partial charge is 0.407 e. The molecule has 0 spiro atoms. The Morgan fingerprint density at radius 1 is 1.08 bits per heavy atom. The Balaban J connectivity index is 1.35. The van der Waals surface area contributed by atoms with Gasteiger partial charge in [0.15, 0.2) is 0 Å². The van der Waals surface area contributed by atoms with E-state index in [1.165, 1.54) is 19.8 Å². The monoisotopic (exact) mass is 492 g/mol. The summed E-state index contributed by atoms with van der Waals surface area (Å²) in [7, 11) is 0. The number of likely N-dealkylation sites (tertiary alicyclic amines) is 1. The number of nitrogens with one attached hydrogen (secondary N) is 1. The van der Waals surface area contributed by atoms with Gasteiger partial charge in [0.1, 0.15) is 12.4 Å². The van der Waals surface area contributed by atoms with E-state index < -0.39 is 17.1 Å². The third kappa shape index (κ3) is 5.42. The third-order valence-corrected chi connectivity index (χ3v) is 8.13. The summed E-state index contributed by atoms with van der Waals surface area (Å²) in [5, 5.41) is 15.2. The highest BCUT2D eigenvalue weighted by atomic mass is 16.5. The first-order chi connectivity index (χ1) is 17.3. The van der Waals surface area contributed by atoms with Gasteiger partial charge in [-0.15, -0.1) is 0 Å². The first-order valence-corrected chi connectivity index (χ1v) is 13.1. The molecule has 7 nitrogen and oxygen atoms in total. The number of carbonyl (C=O) groups is 2. The van der Waals surface area contributed by atoms with Gasteiger partial charge < -0.3 is 24.8 Å². The van der Waals surface area contributed by atoms with Crippen molar-refractivity contribution in [1.29, 1.82) is 0 Å². The lowest BCUT2D eigenvalue weighted by atomic mass is 9.55. The third-order valence-electron chi connectivity index (χ3n) is 8.13. The zero-order valence-electron chi connectivity index (χ0n) is 20.9. The van der Waals surface area contributed by atoms with Crippen molar-refractivity contribution < 1.29 is 24.2 Å². The van der Waals surface area contributed by atoms with Gasteiger partial charge in [0, 0.05) is 31.5 Å². The van der Waals surface area contributed by atoms with E-state index in [-0.39, 0.29) is 18.6 Å². The number of amides is 1. The second kappa shape index (κ2) is 10.2. The van der Waals surface area contributed by atoms with Gasteiger partial charge in [0.2, 0.25) is 0 Å². The summed E-state index contributed by atoms with van der Waals surface area (Å²) in [4.78, 5) is 26.7. The van der Waals surface area contributed by atoms with E-state index in [1.54, 1.807) is 6.07 Å². The minimum atomic E-state index is -0.929. The average Bonchev–Trinajstić information content (AvgIpc) is 3.67. The van der Waals surface area contributed by atoms with Crippen LogP contribution in [0.1, 0.15) is 56.6 Å². The van der Waals surface area contributed by atoms with Gasteiger partial charge in [-0.3, -0.25) is 4.79 Å². The van der Waals surface area contributed by atoms with E-state index in [1.807, 2.05) is 48.5 Å². The zero-order chi connectivity index (χ0) is 25.2. The molecule has 2 aromatic carbocycles. The number of ether oxygens (including phenoxy) is 2. The fourth-order valence-electron chi connectivity index (χ4n) is 6.16. The van der Waals surface area contributed by atoms with Crippen LogP contribution in [0.4, 0.5) is 4.79 Å². The number of aliphatic hydroxyl groups is 1. The summed E-state index contributed by atoms with van der Waals surface area (Å²) in [5.74, 6) is 0.865. The van der Waals surface area contributed by atoms with Gasteiger partial charge >= 0.3 is 12.1 Å². The van der Waals surface area contributed by atoms with Gasteiger partial charge in [-0.05, 0) is 74.2 Å². The number of esters is 1. The van der Waals surface area contributed by atoms with Crippen LogP contribution in [-0.4, -0.2) is 53.3 Å². The predicted octanol–water partition coefficient (Wildman–Crippen LogP) is 4.18. The summed E-state index contributed by atoms with van der Waals surface area (Å²) in [6.07, 6.45) is 4.75. The van der Waals surface area contributed by atoms with E-state index in [0.29, 0.717) is 31.6 Å². The Morgan fingerprint density at radius 2 is 1.89 bits per heavy atom. The lowest BCUT2D eigenvalue weighted by Crippen LogP contribution is -2.67. The molecular formula is C29H36N2O5. The molecule has 0 aromatic heterocycles. The molecule has 1 saturated heterocycles. The van der Waals surface area contributed by atoms with Crippen LogP contribution in [-0.2, 0) is 21.6 Å². The number of alkyl carbamates (subject to hydrolysis) is 1. The van der Waals surface area contributed by atoms with Crippen LogP contribution in [0.2, 0.25) is 0 Å². The van der Waals surface area contributed by atoms with E-state index in [9.17, 15) is 14.7 Å². The highest BCUT2D eigenvalue weighted by molar-refractivity contribution is 5.69. The Morgan fingerprint density at radius 3 is 2.64 bits per heavy atom. The SMILES string of the molecule is CC(=O)Oc1cccc([C@@]23CCN(CC4CC4)C[C@@]2(O)CC[C@H](NC(=O)OCc2ccccc2)C3)c1. The molecule has 1 aliphatic heterocycles. The standard InChI is InChI=1S/C29H36N2O5/c1-21(32)36-26-9-5-8-24(16-26)28-14-15-31(18-22-10-11-22)20-29(28,34)13-12-25(17-28)30-27(33)35-19-23-6-3-2-4-7-23/h2-9,16,22,25,34H,10-15,17-20H2,1H3,(H,30,33)/t25-,28-,29-/m0/s1. The quantitative estimate of drug-likeness (QED) is 0.446. The molecule has 1 heterocycles. The lowest BCUT2D eigenvalue weighted by molar-refractivity contribution is -0.132. The number of β-amino-alcohol motifs (C(OH)–C–C–N with tert-alkyl or cyclic N) is 1. The van der Waals surface area contributed by atoms with Gasteiger partial charge in [-0.1, -0.05) is 42.5 Å². The first-order valence-electron chi connectivity index (χ1n) is 13.1. The average molecular weight is 493 g/mol. The highest BCUT2D eigenvalue weighted by Gasteiger charge is 2.58. The van der Waals surface area contributed by atoms with Crippen LogP contribution >= 0.6 is 0 Å². The van der Waals surface area contributed by atoms with E-state index in [0.717, 1.165) is 36.6 Å². The molecule has 2 saturated carbocycles. The number of nitrogens with zero attached hydrogens (tertiary/aromatic N) is 1. The molecule has 3 fully saturated rings. The van der Waals surface area contributed by atoms with Crippen LogP contribution in [0.25, 0.3) is 0 Å². The minimum Gasteiger partial charge on any atom is -0.445 e. The molecule has 0 unspecified atom stereocenters. The summed E-state index contributed by atoms with van der Waals surface area (Å²) in [5.41, 5.74) is 0.409. The Hall–Kier alpha value is -2.90. The number of hydrogen-bond acceptors (Lipinski definition) is 6. The number of rotatable bonds is 7. The fourth-order valence-corrected chi connectivity index (χ4v) is 6.16. The second-order valence-electron chi connectivity index (χ2n) is 10.8. The molecule has 3 atom stereocenters. The molecule has 2 N–H and O–H groups in total. The minimum absolute atomic E-state index is 0.124. The second-order valence-corrected chi connectivity index (χ2v) is 10.8. The molecule has 7 heteroatoms. The van der Waals surface area contributed by atoms with Crippen molar-refractivity contribution in [2.75, 3.05) is 19.6 Å².